The van der Waals surface area contributed by atoms with Gasteiger partial charge in [-0.3, -0.25) is 0 Å². The molecule has 6 heavy (non-hydrogen) atoms. The summed E-state index contributed by atoms with van der Waals surface area (Å²) in [5, 5.41) is 9.93. The van der Waals surface area contributed by atoms with Gasteiger partial charge in [-0.2, -0.15) is 0 Å². The van der Waals surface area contributed by atoms with Crippen molar-refractivity contribution in [3.8, 4) is 0 Å². The highest BCUT2D eigenvalue weighted by atomic mass is 16.3. The van der Waals surface area contributed by atoms with Crippen LogP contribution in [0, 0.1) is 0 Å². The SMILES string of the molecule is C=C(C)C(=C)[O-]. The van der Waals surface area contributed by atoms with Crippen LogP contribution in [0.4, 0.5) is 0 Å². The summed E-state index contributed by atoms with van der Waals surface area (Å²) in [6.07, 6.45) is 0. The number of hydrogen-bond acceptors (Lipinski definition) is 1. The maximum atomic E-state index is 9.93. The van der Waals surface area contributed by atoms with E-state index in [0.717, 1.165) is 0 Å². The Hall–Kier alpha value is -0.720. The van der Waals surface area contributed by atoms with Crippen molar-refractivity contribution in [3.63, 3.8) is 0 Å². The van der Waals surface area contributed by atoms with Crippen molar-refractivity contribution in [3.05, 3.63) is 24.5 Å². The molecule has 0 bridgehead atoms. The summed E-state index contributed by atoms with van der Waals surface area (Å²) < 4.78 is 0. The van der Waals surface area contributed by atoms with Crippen molar-refractivity contribution in [2.45, 2.75) is 6.92 Å². The maximum Gasteiger partial charge on any atom is -0.0410 e. The first kappa shape index (κ1) is 5.28. The van der Waals surface area contributed by atoms with Gasteiger partial charge in [-0.15, -0.1) is 12.3 Å². The topological polar surface area (TPSA) is 23.1 Å². The van der Waals surface area contributed by atoms with E-state index in [1.807, 2.05) is 0 Å². The van der Waals surface area contributed by atoms with Crippen LogP contribution in [0.3, 0.4) is 0 Å². The third-order valence-corrected chi connectivity index (χ3v) is 0.476. The molecule has 34 valence electrons. The second-order valence-corrected chi connectivity index (χ2v) is 1.20. The van der Waals surface area contributed by atoms with E-state index in [9.17, 15) is 5.11 Å². The minimum Gasteiger partial charge on any atom is -0.873 e. The quantitative estimate of drug-likeness (QED) is 0.333. The van der Waals surface area contributed by atoms with Gasteiger partial charge in [-0.05, 0) is 6.92 Å². The van der Waals surface area contributed by atoms with Gasteiger partial charge in [0.15, 0.2) is 0 Å². The van der Waals surface area contributed by atoms with Crippen molar-refractivity contribution < 1.29 is 5.11 Å². The normalized spacial score (nSPS) is 7.50. The third-order valence-electron chi connectivity index (χ3n) is 0.476. The first-order valence-corrected chi connectivity index (χ1v) is 1.66. The van der Waals surface area contributed by atoms with E-state index in [2.05, 4.69) is 13.2 Å². The minimum absolute atomic E-state index is 0.185. The van der Waals surface area contributed by atoms with E-state index < -0.39 is 0 Å². The van der Waals surface area contributed by atoms with Gasteiger partial charge in [0.1, 0.15) is 0 Å². The molecule has 0 heterocycles. The number of rotatable bonds is 1. The lowest BCUT2D eigenvalue weighted by molar-refractivity contribution is -0.296. The van der Waals surface area contributed by atoms with Gasteiger partial charge < -0.3 is 5.11 Å². The summed E-state index contributed by atoms with van der Waals surface area (Å²) in [7, 11) is 0. The molecule has 0 amide bonds. The summed E-state index contributed by atoms with van der Waals surface area (Å²) in [5.74, 6) is -0.185. The predicted octanol–water partition coefficient (Wildman–Crippen LogP) is 0.436. The summed E-state index contributed by atoms with van der Waals surface area (Å²) in [5.41, 5.74) is 0.509. The van der Waals surface area contributed by atoms with Crippen LogP contribution in [0.25, 0.3) is 0 Å². The van der Waals surface area contributed by atoms with Gasteiger partial charge in [-0.25, -0.2) is 0 Å². The number of allylic oxidation sites excluding steroid dienone is 1. The van der Waals surface area contributed by atoms with E-state index >= 15 is 0 Å². The van der Waals surface area contributed by atoms with Crippen molar-refractivity contribution in [1.82, 2.24) is 0 Å². The van der Waals surface area contributed by atoms with E-state index in [0.29, 0.717) is 5.57 Å². The molecular weight excluding hydrogens is 76.1 g/mol. The van der Waals surface area contributed by atoms with Crippen LogP contribution in [0.2, 0.25) is 0 Å². The van der Waals surface area contributed by atoms with Gasteiger partial charge in [0.25, 0.3) is 0 Å². The zero-order chi connectivity index (χ0) is 5.15. The molecule has 0 saturated carbocycles. The van der Waals surface area contributed by atoms with E-state index in [1.54, 1.807) is 6.92 Å². The fourth-order valence-corrected chi connectivity index (χ4v) is 0. The average Bonchev–Trinajstić information content (AvgIpc) is 1.36. The lowest BCUT2D eigenvalue weighted by Gasteiger charge is -2.04. The van der Waals surface area contributed by atoms with Gasteiger partial charge >= 0.3 is 0 Å². The molecule has 1 heteroatoms. The van der Waals surface area contributed by atoms with Crippen molar-refractivity contribution in [1.29, 1.82) is 0 Å². The molecule has 0 aliphatic rings. The van der Waals surface area contributed by atoms with Crippen LogP contribution in [-0.2, 0) is 0 Å². The van der Waals surface area contributed by atoms with E-state index in [1.165, 1.54) is 0 Å². The van der Waals surface area contributed by atoms with Crippen LogP contribution in [0.1, 0.15) is 6.92 Å². The highest BCUT2D eigenvalue weighted by Gasteiger charge is 1.68. The summed E-state index contributed by atoms with van der Waals surface area (Å²) in [6, 6.07) is 0. The Bertz CT molecular complexity index is 69.9. The van der Waals surface area contributed by atoms with Gasteiger partial charge in [0, 0.05) is 0 Å². The monoisotopic (exact) mass is 83.1 g/mol. The summed E-state index contributed by atoms with van der Waals surface area (Å²) >= 11 is 0. The van der Waals surface area contributed by atoms with E-state index in [-0.39, 0.29) is 5.76 Å². The molecule has 0 atom stereocenters. The summed E-state index contributed by atoms with van der Waals surface area (Å²) in [4.78, 5) is 0. The highest BCUT2D eigenvalue weighted by molar-refractivity contribution is 5.12. The van der Waals surface area contributed by atoms with Crippen LogP contribution < -0.4 is 5.11 Å². The fraction of sp³-hybridized carbons (Fsp3) is 0.200. The lowest BCUT2D eigenvalue weighted by atomic mass is 10.3. The van der Waals surface area contributed by atoms with Crippen LogP contribution in [-0.4, -0.2) is 0 Å². The molecule has 0 saturated heterocycles. The Balaban J connectivity index is 3.57. The molecule has 0 aromatic heterocycles. The van der Waals surface area contributed by atoms with Crippen molar-refractivity contribution in [2.75, 3.05) is 0 Å². The second kappa shape index (κ2) is 1.65. The third kappa shape index (κ3) is 1.58. The molecule has 1 nitrogen and oxygen atoms in total. The fourth-order valence-electron chi connectivity index (χ4n) is 0. The molecule has 0 N–H and O–H groups in total. The largest absolute Gasteiger partial charge is 0.873 e. The highest BCUT2D eigenvalue weighted by Crippen LogP contribution is 1.90. The first-order chi connectivity index (χ1) is 2.64. The van der Waals surface area contributed by atoms with Crippen molar-refractivity contribution in [2.24, 2.45) is 0 Å². The van der Waals surface area contributed by atoms with Crippen LogP contribution >= 0.6 is 0 Å². The van der Waals surface area contributed by atoms with Crippen LogP contribution in [0.15, 0.2) is 24.5 Å². The van der Waals surface area contributed by atoms with E-state index in [4.69, 9.17) is 0 Å². The van der Waals surface area contributed by atoms with Gasteiger partial charge in [-0.1, -0.05) is 12.2 Å². The number of hydrogen-bond donors (Lipinski definition) is 0. The molecule has 0 radical (unpaired) electrons. The predicted molar refractivity (Wildman–Crippen MR) is 24.0 cm³/mol. The summed E-state index contributed by atoms with van der Waals surface area (Å²) in [6.45, 7) is 8.08. The molecule has 0 aliphatic carbocycles. The Morgan fingerprint density at radius 3 is 1.67 bits per heavy atom. The molecule has 0 unspecified atom stereocenters. The van der Waals surface area contributed by atoms with Gasteiger partial charge in [0.05, 0.1) is 0 Å². The van der Waals surface area contributed by atoms with Crippen molar-refractivity contribution >= 4 is 0 Å². The molecule has 0 aliphatic heterocycles. The zero-order valence-electron chi connectivity index (χ0n) is 3.82. The first-order valence-electron chi connectivity index (χ1n) is 1.66. The molecule has 0 rings (SSSR count). The molecule has 0 aromatic rings. The van der Waals surface area contributed by atoms with Gasteiger partial charge in [0.2, 0.25) is 0 Å². The Labute approximate surface area is 37.6 Å². The standard InChI is InChI=1S/C5H8O/c1-4(2)5(3)6/h6H,1,3H2,2H3/p-1. The molecule has 0 aromatic carbocycles. The molecule has 0 spiro atoms. The Morgan fingerprint density at radius 1 is 1.50 bits per heavy atom. The Morgan fingerprint density at radius 2 is 1.67 bits per heavy atom. The second-order valence-electron chi connectivity index (χ2n) is 1.20. The lowest BCUT2D eigenvalue weighted by Crippen LogP contribution is -2.00. The zero-order valence-corrected chi connectivity index (χ0v) is 3.82. The minimum atomic E-state index is -0.185. The molecular formula is C5H7O-. The Kier molecular flexibility index (Phi) is 1.45. The molecule has 0 fully saturated rings. The smallest absolute Gasteiger partial charge is 0.0410 e. The van der Waals surface area contributed by atoms with Crippen LogP contribution in [0.5, 0.6) is 0 Å². The maximum absolute atomic E-state index is 9.93. The average molecular weight is 83.1 g/mol.